The van der Waals surface area contributed by atoms with Crippen molar-refractivity contribution in [3.05, 3.63) is 0 Å². The molecule has 1 nitrogen and oxygen atoms in total. The van der Waals surface area contributed by atoms with Crippen molar-refractivity contribution in [2.45, 2.75) is 51.0 Å². The number of hydrogen-bond acceptors (Lipinski definition) is 2. The van der Waals surface area contributed by atoms with E-state index in [-0.39, 0.29) is 0 Å². The van der Waals surface area contributed by atoms with Gasteiger partial charge in [-0.25, -0.2) is 0 Å². The van der Waals surface area contributed by atoms with Crippen molar-refractivity contribution >= 4 is 11.8 Å². The molecule has 0 aliphatic heterocycles. The highest BCUT2D eigenvalue weighted by Crippen LogP contribution is 2.27. The molecule has 14 heavy (non-hydrogen) atoms. The fourth-order valence-electron chi connectivity index (χ4n) is 2.57. The Kier molecular flexibility index (Phi) is 6.70. The topological polar surface area (TPSA) is 12.0 Å². The van der Waals surface area contributed by atoms with Crippen LogP contribution in [0.5, 0.6) is 0 Å². The van der Waals surface area contributed by atoms with Gasteiger partial charge in [-0.15, -0.1) is 0 Å². The van der Waals surface area contributed by atoms with Crippen molar-refractivity contribution in [2.24, 2.45) is 5.92 Å². The van der Waals surface area contributed by atoms with E-state index in [1.807, 2.05) is 11.8 Å². The molecule has 0 saturated heterocycles. The van der Waals surface area contributed by atoms with Gasteiger partial charge in [0.25, 0.3) is 0 Å². The standard InChI is InChI=1S/C12H25NS/c1-13-12(9-10-14-2)11-7-5-3-4-6-8-11/h11-13H,3-10H2,1-2H3. The summed E-state index contributed by atoms with van der Waals surface area (Å²) < 4.78 is 0. The number of nitrogens with one attached hydrogen (secondary N) is 1. The van der Waals surface area contributed by atoms with Crippen LogP contribution in [0.1, 0.15) is 44.9 Å². The highest BCUT2D eigenvalue weighted by Gasteiger charge is 2.20. The third-order valence-electron chi connectivity index (χ3n) is 3.47. The first-order chi connectivity index (χ1) is 6.88. The highest BCUT2D eigenvalue weighted by molar-refractivity contribution is 7.98. The average molecular weight is 215 g/mol. The molecule has 1 unspecified atom stereocenters. The summed E-state index contributed by atoms with van der Waals surface area (Å²) in [5.41, 5.74) is 0. The number of thioether (sulfide) groups is 1. The Hall–Kier alpha value is 0.310. The second kappa shape index (κ2) is 7.58. The van der Waals surface area contributed by atoms with E-state index in [1.54, 1.807) is 0 Å². The zero-order valence-electron chi connectivity index (χ0n) is 9.72. The van der Waals surface area contributed by atoms with Gasteiger partial charge in [0.1, 0.15) is 0 Å². The molecule has 2 heteroatoms. The Morgan fingerprint density at radius 3 is 2.36 bits per heavy atom. The Balaban J connectivity index is 2.32. The summed E-state index contributed by atoms with van der Waals surface area (Å²) in [6, 6.07) is 0.778. The molecule has 84 valence electrons. The Labute approximate surface area is 93.4 Å². The van der Waals surface area contributed by atoms with Gasteiger partial charge in [-0.3, -0.25) is 0 Å². The smallest absolute Gasteiger partial charge is 0.0100 e. The molecule has 0 radical (unpaired) electrons. The summed E-state index contributed by atoms with van der Waals surface area (Å²) in [4.78, 5) is 0. The van der Waals surface area contributed by atoms with Crippen molar-refractivity contribution in [1.29, 1.82) is 0 Å². The Morgan fingerprint density at radius 1 is 1.21 bits per heavy atom. The predicted octanol–water partition coefficient (Wildman–Crippen LogP) is 3.30. The molecule has 0 heterocycles. The maximum absolute atomic E-state index is 3.52. The minimum Gasteiger partial charge on any atom is -0.317 e. The molecule has 0 aromatic carbocycles. The normalized spacial score (nSPS) is 21.9. The Morgan fingerprint density at radius 2 is 1.86 bits per heavy atom. The van der Waals surface area contributed by atoms with E-state index >= 15 is 0 Å². The quantitative estimate of drug-likeness (QED) is 0.706. The van der Waals surface area contributed by atoms with Crippen LogP contribution in [0.4, 0.5) is 0 Å². The van der Waals surface area contributed by atoms with Gasteiger partial charge in [0.05, 0.1) is 0 Å². The molecule has 0 aromatic heterocycles. The number of hydrogen-bond donors (Lipinski definition) is 1. The van der Waals surface area contributed by atoms with E-state index in [1.165, 1.54) is 50.7 Å². The van der Waals surface area contributed by atoms with E-state index in [2.05, 4.69) is 18.6 Å². The lowest BCUT2D eigenvalue weighted by Crippen LogP contribution is -2.33. The van der Waals surface area contributed by atoms with Crippen LogP contribution in [0.25, 0.3) is 0 Å². The molecule has 0 spiro atoms. The van der Waals surface area contributed by atoms with Gasteiger partial charge >= 0.3 is 0 Å². The summed E-state index contributed by atoms with van der Waals surface area (Å²) in [7, 11) is 2.13. The minimum absolute atomic E-state index is 0.778. The average Bonchev–Trinajstić information content (AvgIpc) is 2.48. The summed E-state index contributed by atoms with van der Waals surface area (Å²) in [5, 5.41) is 3.52. The van der Waals surface area contributed by atoms with E-state index < -0.39 is 0 Å². The van der Waals surface area contributed by atoms with E-state index in [9.17, 15) is 0 Å². The van der Waals surface area contributed by atoms with Crippen molar-refractivity contribution < 1.29 is 0 Å². The van der Waals surface area contributed by atoms with Crippen LogP contribution in [0.3, 0.4) is 0 Å². The van der Waals surface area contributed by atoms with Crippen LogP contribution in [0.2, 0.25) is 0 Å². The molecule has 1 N–H and O–H groups in total. The molecule has 1 rings (SSSR count). The van der Waals surface area contributed by atoms with E-state index in [0.717, 1.165) is 12.0 Å². The van der Waals surface area contributed by atoms with Gasteiger partial charge in [0.2, 0.25) is 0 Å². The molecule has 1 saturated carbocycles. The monoisotopic (exact) mass is 215 g/mol. The molecular weight excluding hydrogens is 190 g/mol. The summed E-state index contributed by atoms with van der Waals surface area (Å²) in [5.74, 6) is 2.26. The lowest BCUT2D eigenvalue weighted by atomic mass is 9.90. The first kappa shape index (κ1) is 12.4. The van der Waals surface area contributed by atoms with Gasteiger partial charge in [-0.05, 0) is 44.2 Å². The highest BCUT2D eigenvalue weighted by atomic mass is 32.2. The Bertz CT molecular complexity index is 130. The van der Waals surface area contributed by atoms with E-state index in [0.29, 0.717) is 0 Å². The van der Waals surface area contributed by atoms with Crippen LogP contribution in [-0.4, -0.2) is 25.1 Å². The zero-order valence-corrected chi connectivity index (χ0v) is 10.5. The van der Waals surface area contributed by atoms with Crippen molar-refractivity contribution in [3.63, 3.8) is 0 Å². The minimum atomic E-state index is 0.778. The van der Waals surface area contributed by atoms with Crippen LogP contribution in [-0.2, 0) is 0 Å². The van der Waals surface area contributed by atoms with Crippen LogP contribution < -0.4 is 5.32 Å². The molecule has 1 aliphatic rings. The van der Waals surface area contributed by atoms with Gasteiger partial charge in [-0.1, -0.05) is 25.7 Å². The lowest BCUT2D eigenvalue weighted by Gasteiger charge is -2.25. The maximum Gasteiger partial charge on any atom is 0.0100 e. The molecule has 1 fully saturated rings. The zero-order chi connectivity index (χ0) is 10.2. The second-order valence-electron chi connectivity index (χ2n) is 4.43. The maximum atomic E-state index is 3.52. The van der Waals surface area contributed by atoms with Gasteiger partial charge in [-0.2, -0.15) is 11.8 Å². The third kappa shape index (κ3) is 4.22. The summed E-state index contributed by atoms with van der Waals surface area (Å²) in [6.07, 6.45) is 12.3. The largest absolute Gasteiger partial charge is 0.317 e. The lowest BCUT2D eigenvalue weighted by molar-refractivity contribution is 0.329. The summed E-state index contributed by atoms with van der Waals surface area (Å²) >= 11 is 1.97. The van der Waals surface area contributed by atoms with Gasteiger partial charge in [0, 0.05) is 6.04 Å². The fraction of sp³-hybridized carbons (Fsp3) is 1.00. The molecule has 1 aliphatic carbocycles. The first-order valence-electron chi connectivity index (χ1n) is 6.04. The third-order valence-corrected chi connectivity index (χ3v) is 4.12. The van der Waals surface area contributed by atoms with E-state index in [4.69, 9.17) is 0 Å². The molecule has 1 atom stereocenters. The molecular formula is C12H25NS. The molecule has 0 amide bonds. The van der Waals surface area contributed by atoms with Crippen LogP contribution in [0.15, 0.2) is 0 Å². The van der Waals surface area contributed by atoms with Gasteiger partial charge < -0.3 is 5.32 Å². The SMILES string of the molecule is CNC(CCSC)C1CCCCCC1. The van der Waals surface area contributed by atoms with Crippen LogP contribution >= 0.6 is 11.8 Å². The van der Waals surface area contributed by atoms with Crippen LogP contribution in [0, 0.1) is 5.92 Å². The van der Waals surface area contributed by atoms with Gasteiger partial charge in [0.15, 0.2) is 0 Å². The predicted molar refractivity (Wildman–Crippen MR) is 67.0 cm³/mol. The number of rotatable bonds is 5. The van der Waals surface area contributed by atoms with Crippen molar-refractivity contribution in [1.82, 2.24) is 5.32 Å². The molecule has 0 bridgehead atoms. The summed E-state index contributed by atoms with van der Waals surface area (Å²) in [6.45, 7) is 0. The second-order valence-corrected chi connectivity index (χ2v) is 5.41. The first-order valence-corrected chi connectivity index (χ1v) is 7.44. The fourth-order valence-corrected chi connectivity index (χ4v) is 3.06. The molecule has 0 aromatic rings. The van der Waals surface area contributed by atoms with Crippen molar-refractivity contribution in [3.8, 4) is 0 Å². The van der Waals surface area contributed by atoms with Crippen molar-refractivity contribution in [2.75, 3.05) is 19.1 Å².